The maximum atomic E-state index is 13.5. The van der Waals surface area contributed by atoms with Crippen LogP contribution in [0.1, 0.15) is 22.8 Å². The highest BCUT2D eigenvalue weighted by atomic mass is 32.1. The molecule has 2 aromatic carbocycles. The predicted octanol–water partition coefficient (Wildman–Crippen LogP) is 2.10. The number of benzene rings is 2. The molecule has 3 N–H and O–H groups in total. The number of carbonyl (C=O) groups is 2. The third kappa shape index (κ3) is 5.82. The molecule has 0 radical (unpaired) electrons. The van der Waals surface area contributed by atoms with Gasteiger partial charge in [0.25, 0.3) is 11.8 Å². The number of carbonyl (C=O) groups excluding carboxylic acids is 2. The number of amides is 2. The minimum Gasteiger partial charge on any atom is -0.484 e. The Morgan fingerprint density at radius 1 is 1.08 bits per heavy atom. The smallest absolute Gasteiger partial charge is 0.276 e. The highest BCUT2D eigenvalue weighted by Crippen LogP contribution is 2.12. The zero-order valence-electron chi connectivity index (χ0n) is 14.0. The van der Waals surface area contributed by atoms with Crippen molar-refractivity contribution in [2.75, 3.05) is 6.61 Å². The summed E-state index contributed by atoms with van der Waals surface area (Å²) in [5, 5.41) is 2.10. The monoisotopic (exact) mass is 375 g/mol. The molecule has 0 aliphatic rings. The minimum atomic E-state index is -0.720. The second kappa shape index (κ2) is 9.47. The van der Waals surface area contributed by atoms with Gasteiger partial charge >= 0.3 is 0 Å². The Hall–Kier alpha value is -3.00. The first-order valence-corrected chi connectivity index (χ1v) is 8.27. The third-order valence-corrected chi connectivity index (χ3v) is 3.57. The zero-order valence-corrected chi connectivity index (χ0v) is 14.9. The van der Waals surface area contributed by atoms with E-state index in [-0.39, 0.29) is 17.3 Å². The molecule has 8 heteroatoms. The molecule has 2 aromatic rings. The molecule has 0 aromatic heterocycles. The van der Waals surface area contributed by atoms with E-state index in [2.05, 4.69) is 16.2 Å². The maximum absolute atomic E-state index is 13.5. The lowest BCUT2D eigenvalue weighted by molar-refractivity contribution is -0.123. The van der Waals surface area contributed by atoms with Crippen molar-refractivity contribution >= 4 is 29.1 Å². The number of aryl methyl sites for hydroxylation is 1. The normalized spacial score (nSPS) is 9.92. The number of rotatable bonds is 5. The standard InChI is InChI=1S/C18H18FN3O3S/c1-2-12-7-9-13(10-8-12)25-11-16(23)21-22-18(26)20-17(24)14-5-3-4-6-15(14)19/h3-10H,2,11H2,1H3,(H,21,23)(H2,20,22,24,26). The van der Waals surface area contributed by atoms with Gasteiger partial charge in [0.05, 0.1) is 5.56 Å². The van der Waals surface area contributed by atoms with E-state index in [0.29, 0.717) is 5.75 Å². The van der Waals surface area contributed by atoms with Crippen LogP contribution >= 0.6 is 12.2 Å². The average Bonchev–Trinajstić information content (AvgIpc) is 2.65. The summed E-state index contributed by atoms with van der Waals surface area (Å²) in [7, 11) is 0. The first-order chi connectivity index (χ1) is 12.5. The molecule has 26 heavy (non-hydrogen) atoms. The lowest BCUT2D eigenvalue weighted by Crippen LogP contribution is -2.49. The number of hydrogen-bond acceptors (Lipinski definition) is 4. The van der Waals surface area contributed by atoms with Gasteiger partial charge in [-0.05, 0) is 48.5 Å². The van der Waals surface area contributed by atoms with Gasteiger partial charge in [0.1, 0.15) is 11.6 Å². The number of halogens is 1. The number of hydrazine groups is 1. The summed E-state index contributed by atoms with van der Waals surface area (Å²) in [4.78, 5) is 23.6. The van der Waals surface area contributed by atoms with Gasteiger partial charge in [-0.1, -0.05) is 31.2 Å². The topological polar surface area (TPSA) is 79.5 Å². The second-order valence-electron chi connectivity index (χ2n) is 5.22. The summed E-state index contributed by atoms with van der Waals surface area (Å²) in [5.41, 5.74) is 5.65. The van der Waals surface area contributed by atoms with E-state index in [1.807, 2.05) is 19.1 Å². The molecule has 0 spiro atoms. The number of nitrogens with one attached hydrogen (secondary N) is 3. The van der Waals surface area contributed by atoms with Gasteiger partial charge in [-0.3, -0.25) is 25.8 Å². The van der Waals surface area contributed by atoms with Crippen molar-refractivity contribution in [3.05, 3.63) is 65.5 Å². The molecule has 2 rings (SSSR count). The Labute approximate surface area is 155 Å². The predicted molar refractivity (Wildman–Crippen MR) is 99.1 cm³/mol. The Kier molecular flexibility index (Phi) is 7.04. The molecule has 0 heterocycles. The van der Waals surface area contributed by atoms with Crippen LogP contribution in [0.15, 0.2) is 48.5 Å². The summed E-state index contributed by atoms with van der Waals surface area (Å²) in [6.45, 7) is 1.81. The fraction of sp³-hybridized carbons (Fsp3) is 0.167. The molecular weight excluding hydrogens is 357 g/mol. The van der Waals surface area contributed by atoms with Gasteiger partial charge in [-0.2, -0.15) is 0 Å². The van der Waals surface area contributed by atoms with E-state index in [0.717, 1.165) is 12.5 Å². The molecule has 0 atom stereocenters. The Bertz CT molecular complexity index is 797. The van der Waals surface area contributed by atoms with Crippen LogP contribution in [0.3, 0.4) is 0 Å². The highest BCUT2D eigenvalue weighted by Gasteiger charge is 2.12. The van der Waals surface area contributed by atoms with E-state index < -0.39 is 17.6 Å². The van der Waals surface area contributed by atoms with Crippen molar-refractivity contribution < 1.29 is 18.7 Å². The number of thiocarbonyl (C=S) groups is 1. The Morgan fingerprint density at radius 3 is 2.42 bits per heavy atom. The van der Waals surface area contributed by atoms with Crippen molar-refractivity contribution in [3.63, 3.8) is 0 Å². The van der Waals surface area contributed by atoms with E-state index in [4.69, 9.17) is 17.0 Å². The quantitative estimate of drug-likeness (QED) is 0.551. The van der Waals surface area contributed by atoms with E-state index >= 15 is 0 Å². The van der Waals surface area contributed by atoms with Crippen LogP contribution in [0.25, 0.3) is 0 Å². The Morgan fingerprint density at radius 2 is 1.77 bits per heavy atom. The lowest BCUT2D eigenvalue weighted by atomic mass is 10.2. The molecule has 0 unspecified atom stereocenters. The lowest BCUT2D eigenvalue weighted by Gasteiger charge is -2.11. The Balaban J connectivity index is 1.73. The SMILES string of the molecule is CCc1ccc(OCC(=O)NNC(=S)NC(=O)c2ccccc2F)cc1. The van der Waals surface area contributed by atoms with Gasteiger partial charge in [-0.25, -0.2) is 4.39 Å². The van der Waals surface area contributed by atoms with E-state index in [1.165, 1.54) is 23.8 Å². The highest BCUT2D eigenvalue weighted by molar-refractivity contribution is 7.80. The molecule has 0 saturated carbocycles. The summed E-state index contributed by atoms with van der Waals surface area (Å²) >= 11 is 4.88. The van der Waals surface area contributed by atoms with Gasteiger partial charge in [0.15, 0.2) is 11.7 Å². The van der Waals surface area contributed by atoms with Crippen LogP contribution in [0, 0.1) is 5.82 Å². The van der Waals surface area contributed by atoms with Crippen LogP contribution in [0.4, 0.5) is 4.39 Å². The molecule has 0 bridgehead atoms. The zero-order chi connectivity index (χ0) is 18.9. The van der Waals surface area contributed by atoms with Gasteiger partial charge in [0, 0.05) is 0 Å². The first-order valence-electron chi connectivity index (χ1n) is 7.86. The van der Waals surface area contributed by atoms with Crippen molar-refractivity contribution in [3.8, 4) is 5.75 Å². The van der Waals surface area contributed by atoms with Gasteiger partial charge < -0.3 is 4.74 Å². The maximum Gasteiger partial charge on any atom is 0.276 e. The largest absolute Gasteiger partial charge is 0.484 e. The molecule has 0 aliphatic heterocycles. The second-order valence-corrected chi connectivity index (χ2v) is 5.63. The fourth-order valence-electron chi connectivity index (χ4n) is 1.98. The molecular formula is C18H18FN3O3S. The van der Waals surface area contributed by atoms with Crippen LogP contribution < -0.4 is 20.9 Å². The van der Waals surface area contributed by atoms with Crippen molar-refractivity contribution in [2.24, 2.45) is 0 Å². The third-order valence-electron chi connectivity index (χ3n) is 3.36. The summed E-state index contributed by atoms with van der Waals surface area (Å²) in [6, 6.07) is 12.9. The average molecular weight is 375 g/mol. The first kappa shape index (κ1) is 19.3. The van der Waals surface area contributed by atoms with E-state index in [9.17, 15) is 14.0 Å². The van der Waals surface area contributed by atoms with Crippen molar-refractivity contribution in [1.82, 2.24) is 16.2 Å². The van der Waals surface area contributed by atoms with E-state index in [1.54, 1.807) is 12.1 Å². The summed E-state index contributed by atoms with van der Waals surface area (Å²) < 4.78 is 18.8. The van der Waals surface area contributed by atoms with Crippen LogP contribution in [-0.2, 0) is 11.2 Å². The molecule has 0 saturated heterocycles. The van der Waals surface area contributed by atoms with Crippen LogP contribution in [-0.4, -0.2) is 23.5 Å². The molecule has 0 fully saturated rings. The molecule has 0 aliphatic carbocycles. The van der Waals surface area contributed by atoms with Crippen LogP contribution in [0.2, 0.25) is 0 Å². The molecule has 2 amide bonds. The summed E-state index contributed by atoms with van der Waals surface area (Å²) in [6.07, 6.45) is 0.917. The number of ether oxygens (including phenoxy) is 1. The van der Waals surface area contributed by atoms with Crippen LogP contribution in [0.5, 0.6) is 5.75 Å². The van der Waals surface area contributed by atoms with Crippen molar-refractivity contribution in [2.45, 2.75) is 13.3 Å². The fourth-order valence-corrected chi connectivity index (χ4v) is 2.12. The summed E-state index contributed by atoms with van der Waals surface area (Å²) in [5.74, 6) is -1.32. The minimum absolute atomic E-state index is 0.151. The number of hydrogen-bond donors (Lipinski definition) is 3. The molecule has 6 nitrogen and oxygen atoms in total. The van der Waals surface area contributed by atoms with Crippen molar-refractivity contribution in [1.29, 1.82) is 0 Å². The van der Waals surface area contributed by atoms with Gasteiger partial charge in [-0.15, -0.1) is 0 Å². The molecule has 136 valence electrons. The van der Waals surface area contributed by atoms with Gasteiger partial charge in [0.2, 0.25) is 0 Å².